The molecule has 1 saturated carbocycles. The van der Waals surface area contributed by atoms with Crippen LogP contribution in [-0.4, -0.2) is 34.4 Å². The molecule has 1 fully saturated rings. The number of hydrogen-bond donors (Lipinski definition) is 3. The van der Waals surface area contributed by atoms with Gasteiger partial charge in [-0.15, -0.1) is 0 Å². The van der Waals surface area contributed by atoms with Crippen LogP contribution in [0.5, 0.6) is 5.75 Å². The molecule has 2 aromatic carbocycles. The van der Waals surface area contributed by atoms with Crippen molar-refractivity contribution in [3.05, 3.63) is 58.3 Å². The number of ether oxygens (including phenoxy) is 1. The Balaban J connectivity index is 1.80. The van der Waals surface area contributed by atoms with Crippen LogP contribution in [0.4, 0.5) is 0 Å². The summed E-state index contributed by atoms with van der Waals surface area (Å²) in [5.41, 5.74) is 5.51. The van der Waals surface area contributed by atoms with E-state index in [1.165, 1.54) is 0 Å². The highest BCUT2D eigenvalue weighted by atomic mass is 16.5. The number of benzene rings is 2. The van der Waals surface area contributed by atoms with Crippen molar-refractivity contribution in [1.29, 1.82) is 0 Å². The van der Waals surface area contributed by atoms with Crippen molar-refractivity contribution in [2.24, 2.45) is 0 Å². The number of aliphatic hydroxyl groups excluding tert-OH is 1. The standard InChI is InChI=1S/C26H31NO4/c1-5-31-20-10-12-26(13-11-20)24(29)23(25(30)27-26)22-16(3)14-15(2)21(17(22)4)18-6-8-19(28)9-7-18/h6-9,14,20,28-29H,5,10-13H2,1-4H3,(H,27,30). The molecule has 5 nitrogen and oxygen atoms in total. The number of aromatic hydroxyl groups is 1. The molecule has 2 aromatic rings. The molecule has 0 radical (unpaired) electrons. The minimum Gasteiger partial charge on any atom is -0.509 e. The largest absolute Gasteiger partial charge is 0.509 e. The molecule has 1 amide bonds. The fourth-order valence-corrected chi connectivity index (χ4v) is 5.41. The number of aliphatic hydroxyl groups is 1. The first-order chi connectivity index (χ1) is 14.8. The lowest BCUT2D eigenvalue weighted by Crippen LogP contribution is -2.48. The highest BCUT2D eigenvalue weighted by Gasteiger charge is 2.48. The Hall–Kier alpha value is -2.79. The maximum atomic E-state index is 13.2. The molecule has 5 heteroatoms. The summed E-state index contributed by atoms with van der Waals surface area (Å²) in [6.07, 6.45) is 3.17. The molecule has 4 rings (SSSR count). The number of hydrogen-bond acceptors (Lipinski definition) is 4. The minimum absolute atomic E-state index is 0.166. The summed E-state index contributed by atoms with van der Waals surface area (Å²) in [6, 6.07) is 9.15. The van der Waals surface area contributed by atoms with E-state index in [9.17, 15) is 15.0 Å². The number of carbonyl (C=O) groups is 1. The highest BCUT2D eigenvalue weighted by molar-refractivity contribution is 6.24. The van der Waals surface area contributed by atoms with E-state index in [-0.39, 0.29) is 23.5 Å². The molecule has 0 aromatic heterocycles. The molecule has 0 unspecified atom stereocenters. The van der Waals surface area contributed by atoms with E-state index < -0.39 is 5.54 Å². The number of phenolic OH excluding ortho intramolecular Hbond substituents is 1. The predicted molar refractivity (Wildman–Crippen MR) is 122 cm³/mol. The summed E-state index contributed by atoms with van der Waals surface area (Å²) in [4.78, 5) is 13.2. The third-order valence-corrected chi connectivity index (χ3v) is 6.84. The SMILES string of the molecule is CCOC1CCC2(CC1)NC(=O)C(c1c(C)cc(C)c(-c3ccc(O)cc3)c1C)=C2O. The van der Waals surface area contributed by atoms with Gasteiger partial charge in [-0.1, -0.05) is 18.2 Å². The van der Waals surface area contributed by atoms with E-state index >= 15 is 0 Å². The van der Waals surface area contributed by atoms with Gasteiger partial charge in [0.2, 0.25) is 0 Å². The molecule has 0 saturated heterocycles. The molecule has 3 N–H and O–H groups in total. The Morgan fingerprint density at radius 1 is 1.03 bits per heavy atom. The monoisotopic (exact) mass is 421 g/mol. The van der Waals surface area contributed by atoms with Crippen LogP contribution in [0.15, 0.2) is 36.1 Å². The first-order valence-corrected chi connectivity index (χ1v) is 11.1. The van der Waals surface area contributed by atoms with Crippen LogP contribution in [0, 0.1) is 20.8 Å². The maximum absolute atomic E-state index is 13.2. The number of aryl methyl sites for hydroxylation is 2. The van der Waals surface area contributed by atoms with E-state index in [1.54, 1.807) is 12.1 Å². The molecule has 0 atom stereocenters. The molecule has 164 valence electrons. The topological polar surface area (TPSA) is 78.8 Å². The van der Waals surface area contributed by atoms with Crippen LogP contribution in [0.2, 0.25) is 0 Å². The summed E-state index contributed by atoms with van der Waals surface area (Å²) in [7, 11) is 0. The van der Waals surface area contributed by atoms with Crippen molar-refractivity contribution in [3.63, 3.8) is 0 Å². The predicted octanol–water partition coefficient (Wildman–Crippen LogP) is 5.10. The molecule has 31 heavy (non-hydrogen) atoms. The summed E-state index contributed by atoms with van der Waals surface area (Å²) in [5, 5.41) is 24.1. The van der Waals surface area contributed by atoms with Crippen molar-refractivity contribution >= 4 is 11.5 Å². The lowest BCUT2D eigenvalue weighted by Gasteiger charge is -2.37. The quantitative estimate of drug-likeness (QED) is 0.642. The van der Waals surface area contributed by atoms with E-state index in [0.29, 0.717) is 25.0 Å². The Morgan fingerprint density at radius 3 is 2.26 bits per heavy atom. The summed E-state index contributed by atoms with van der Waals surface area (Å²) >= 11 is 0. The Morgan fingerprint density at radius 2 is 1.65 bits per heavy atom. The third-order valence-electron chi connectivity index (χ3n) is 6.84. The van der Waals surface area contributed by atoms with Crippen LogP contribution in [0.1, 0.15) is 54.9 Å². The maximum Gasteiger partial charge on any atom is 0.256 e. The first-order valence-electron chi connectivity index (χ1n) is 11.1. The first kappa shape index (κ1) is 21.4. The fourth-order valence-electron chi connectivity index (χ4n) is 5.41. The Kier molecular flexibility index (Phi) is 5.56. The van der Waals surface area contributed by atoms with Gasteiger partial charge in [0.15, 0.2) is 0 Å². The molecule has 1 spiro atoms. The summed E-state index contributed by atoms with van der Waals surface area (Å²) in [5.74, 6) is 0.171. The van der Waals surface area contributed by atoms with Crippen molar-refractivity contribution in [2.45, 2.75) is 65.0 Å². The molecule has 1 aliphatic heterocycles. The second kappa shape index (κ2) is 8.04. The molecule has 1 heterocycles. The van der Waals surface area contributed by atoms with Crippen molar-refractivity contribution in [2.75, 3.05) is 6.61 Å². The van der Waals surface area contributed by atoms with E-state index in [4.69, 9.17) is 4.74 Å². The van der Waals surface area contributed by atoms with Gasteiger partial charge in [-0.25, -0.2) is 0 Å². The number of phenols is 1. The average molecular weight is 422 g/mol. The zero-order valence-corrected chi connectivity index (χ0v) is 18.7. The lowest BCUT2D eigenvalue weighted by molar-refractivity contribution is -0.116. The highest BCUT2D eigenvalue weighted by Crippen LogP contribution is 2.44. The van der Waals surface area contributed by atoms with Crippen molar-refractivity contribution in [1.82, 2.24) is 5.32 Å². The number of nitrogens with one attached hydrogen (secondary N) is 1. The van der Waals surface area contributed by atoms with Gasteiger partial charge < -0.3 is 20.3 Å². The van der Waals surface area contributed by atoms with Gasteiger partial charge >= 0.3 is 0 Å². The molecular formula is C26H31NO4. The minimum atomic E-state index is -0.692. The van der Waals surface area contributed by atoms with Gasteiger partial charge in [-0.05, 0) is 98.9 Å². The van der Waals surface area contributed by atoms with E-state index in [0.717, 1.165) is 46.2 Å². The van der Waals surface area contributed by atoms with Crippen LogP contribution < -0.4 is 5.32 Å². The smallest absolute Gasteiger partial charge is 0.256 e. The van der Waals surface area contributed by atoms with E-state index in [2.05, 4.69) is 11.4 Å². The molecule has 2 aliphatic rings. The molecular weight excluding hydrogens is 390 g/mol. The number of carbonyl (C=O) groups excluding carboxylic acids is 1. The van der Waals surface area contributed by atoms with Gasteiger partial charge in [0, 0.05) is 6.61 Å². The number of rotatable bonds is 4. The van der Waals surface area contributed by atoms with Crippen molar-refractivity contribution in [3.8, 4) is 16.9 Å². The van der Waals surface area contributed by atoms with Crippen molar-refractivity contribution < 1.29 is 19.7 Å². The summed E-state index contributed by atoms with van der Waals surface area (Å²) < 4.78 is 5.76. The zero-order chi connectivity index (χ0) is 22.3. The fraction of sp³-hybridized carbons (Fsp3) is 0.423. The van der Waals surface area contributed by atoms with Crippen LogP contribution >= 0.6 is 0 Å². The number of amides is 1. The molecule has 0 bridgehead atoms. The lowest BCUT2D eigenvalue weighted by atomic mass is 9.78. The van der Waals surface area contributed by atoms with E-state index in [1.807, 2.05) is 39.8 Å². The second-order valence-electron chi connectivity index (χ2n) is 8.85. The molecule has 1 aliphatic carbocycles. The van der Waals surface area contributed by atoms with Gasteiger partial charge in [0.25, 0.3) is 5.91 Å². The third kappa shape index (κ3) is 3.61. The normalized spacial score (nSPS) is 23.5. The van der Waals surface area contributed by atoms with Crippen LogP contribution in [-0.2, 0) is 9.53 Å². The zero-order valence-electron chi connectivity index (χ0n) is 18.7. The summed E-state index contributed by atoms with van der Waals surface area (Å²) in [6.45, 7) is 8.71. The van der Waals surface area contributed by atoms with Crippen LogP contribution in [0.25, 0.3) is 16.7 Å². The van der Waals surface area contributed by atoms with Crippen LogP contribution in [0.3, 0.4) is 0 Å². The van der Waals surface area contributed by atoms with Gasteiger partial charge in [0.05, 0.1) is 17.2 Å². The Labute approximate surface area is 183 Å². The Bertz CT molecular complexity index is 1040. The van der Waals surface area contributed by atoms with Gasteiger partial charge in [0.1, 0.15) is 11.5 Å². The van der Waals surface area contributed by atoms with Gasteiger partial charge in [-0.2, -0.15) is 0 Å². The second-order valence-corrected chi connectivity index (χ2v) is 8.85. The van der Waals surface area contributed by atoms with Gasteiger partial charge in [-0.3, -0.25) is 4.79 Å². The average Bonchev–Trinajstić information content (AvgIpc) is 2.95.